The van der Waals surface area contributed by atoms with E-state index in [1.54, 1.807) is 18.2 Å². The minimum absolute atomic E-state index is 0.570. The largest absolute Gasteiger partial charge is 0.354 e. The Morgan fingerprint density at radius 2 is 2.40 bits per heavy atom. The van der Waals surface area contributed by atoms with E-state index >= 15 is 0 Å². The van der Waals surface area contributed by atoms with Crippen LogP contribution in [0.5, 0.6) is 0 Å². The molecule has 1 heterocycles. The van der Waals surface area contributed by atoms with E-state index in [2.05, 4.69) is 21.7 Å². The van der Waals surface area contributed by atoms with Gasteiger partial charge in [0.15, 0.2) is 5.96 Å². The summed E-state index contributed by atoms with van der Waals surface area (Å²) in [4.78, 5) is 4.18. The van der Waals surface area contributed by atoms with Crippen molar-refractivity contribution >= 4 is 23.2 Å². The van der Waals surface area contributed by atoms with Gasteiger partial charge in [-0.15, -0.1) is 0 Å². The Morgan fingerprint density at radius 3 is 3.07 bits per heavy atom. The lowest BCUT2D eigenvalue weighted by Crippen LogP contribution is -2.26. The molecule has 0 saturated carbocycles. The highest BCUT2D eigenvalue weighted by Gasteiger charge is 2.07. The second-order valence-electron chi connectivity index (χ2n) is 3.09. The normalized spacial score (nSPS) is 14.0. The summed E-state index contributed by atoms with van der Waals surface area (Å²) in [6, 6.07) is 7.13. The lowest BCUT2D eigenvalue weighted by atomic mass is 10.2. The van der Waals surface area contributed by atoms with E-state index in [0.717, 1.165) is 13.1 Å². The summed E-state index contributed by atoms with van der Waals surface area (Å²) in [7, 11) is 0. The third-order valence-corrected chi connectivity index (χ3v) is 2.35. The van der Waals surface area contributed by atoms with Gasteiger partial charge in [0.05, 0.1) is 28.9 Å². The van der Waals surface area contributed by atoms with Crippen molar-refractivity contribution < 1.29 is 0 Å². The average molecular weight is 221 g/mol. The topological polar surface area (TPSA) is 60.2 Å². The summed E-state index contributed by atoms with van der Waals surface area (Å²) >= 11 is 5.98. The number of anilines is 1. The quantitative estimate of drug-likeness (QED) is 0.756. The Hall–Kier alpha value is -1.73. The molecular weight excluding hydrogens is 212 g/mol. The molecule has 1 aliphatic heterocycles. The monoisotopic (exact) mass is 220 g/mol. The number of nitrogens with zero attached hydrogens (tertiary/aromatic N) is 2. The molecule has 15 heavy (non-hydrogen) atoms. The van der Waals surface area contributed by atoms with E-state index in [4.69, 9.17) is 16.9 Å². The molecule has 5 heteroatoms. The first-order valence-corrected chi connectivity index (χ1v) is 4.92. The van der Waals surface area contributed by atoms with Gasteiger partial charge in [0.2, 0.25) is 0 Å². The number of rotatable bonds is 1. The van der Waals surface area contributed by atoms with Gasteiger partial charge in [-0.3, -0.25) is 4.99 Å². The summed E-state index contributed by atoms with van der Waals surface area (Å²) in [6.07, 6.45) is 0. The molecule has 0 radical (unpaired) electrons. The molecule has 0 spiro atoms. The van der Waals surface area contributed by atoms with E-state index in [0.29, 0.717) is 22.2 Å². The first kappa shape index (κ1) is 9.81. The molecule has 0 saturated heterocycles. The van der Waals surface area contributed by atoms with Crippen molar-refractivity contribution in [2.75, 3.05) is 18.4 Å². The summed E-state index contributed by atoms with van der Waals surface area (Å²) < 4.78 is 0. The van der Waals surface area contributed by atoms with Gasteiger partial charge in [-0.2, -0.15) is 5.26 Å². The maximum absolute atomic E-state index is 8.75. The Labute approximate surface area is 92.6 Å². The maximum Gasteiger partial charge on any atom is 0.195 e. The molecule has 1 aliphatic rings. The SMILES string of the molecule is N#Cc1ccc(Cl)c(NC2=NCCN2)c1. The standard InChI is InChI=1S/C10H9ClN4/c11-8-2-1-7(6-12)5-9(8)15-10-13-3-4-14-10/h1-2,5H,3-4H2,(H2,13,14,15). The van der Waals surface area contributed by atoms with E-state index < -0.39 is 0 Å². The molecule has 0 bridgehead atoms. The van der Waals surface area contributed by atoms with Gasteiger partial charge >= 0.3 is 0 Å². The fourth-order valence-corrected chi connectivity index (χ4v) is 1.46. The number of benzene rings is 1. The number of guanidine groups is 1. The van der Waals surface area contributed by atoms with E-state index in [1.165, 1.54) is 0 Å². The molecule has 0 aromatic heterocycles. The molecule has 0 atom stereocenters. The van der Waals surface area contributed by atoms with Gasteiger partial charge in [0, 0.05) is 6.54 Å². The zero-order chi connectivity index (χ0) is 10.7. The van der Waals surface area contributed by atoms with Crippen LogP contribution in [0.4, 0.5) is 5.69 Å². The predicted octanol–water partition coefficient (Wildman–Crippen LogP) is 1.58. The van der Waals surface area contributed by atoms with Crippen molar-refractivity contribution in [2.24, 2.45) is 4.99 Å². The fraction of sp³-hybridized carbons (Fsp3) is 0.200. The highest BCUT2D eigenvalue weighted by molar-refractivity contribution is 6.33. The van der Waals surface area contributed by atoms with Crippen molar-refractivity contribution in [1.82, 2.24) is 5.32 Å². The minimum Gasteiger partial charge on any atom is -0.354 e. The van der Waals surface area contributed by atoms with Crippen LogP contribution in [-0.4, -0.2) is 19.0 Å². The van der Waals surface area contributed by atoms with Crippen molar-refractivity contribution in [3.05, 3.63) is 28.8 Å². The Bertz CT molecular complexity index is 447. The first-order valence-electron chi connectivity index (χ1n) is 4.54. The van der Waals surface area contributed by atoms with Crippen LogP contribution in [0.3, 0.4) is 0 Å². The van der Waals surface area contributed by atoms with Crippen LogP contribution < -0.4 is 10.6 Å². The van der Waals surface area contributed by atoms with Gasteiger partial charge in [-0.25, -0.2) is 0 Å². The van der Waals surface area contributed by atoms with Crippen LogP contribution in [0, 0.1) is 11.3 Å². The van der Waals surface area contributed by atoms with E-state index in [9.17, 15) is 0 Å². The summed E-state index contributed by atoms with van der Waals surface area (Å²) in [5, 5.41) is 15.4. The van der Waals surface area contributed by atoms with Crippen LogP contribution in [0.1, 0.15) is 5.56 Å². The van der Waals surface area contributed by atoms with Gasteiger partial charge < -0.3 is 10.6 Å². The Morgan fingerprint density at radius 1 is 1.53 bits per heavy atom. The van der Waals surface area contributed by atoms with Crippen LogP contribution >= 0.6 is 11.6 Å². The van der Waals surface area contributed by atoms with Gasteiger partial charge in [0.25, 0.3) is 0 Å². The molecule has 0 unspecified atom stereocenters. The fourth-order valence-electron chi connectivity index (χ4n) is 1.30. The lowest BCUT2D eigenvalue weighted by Gasteiger charge is -2.08. The van der Waals surface area contributed by atoms with Gasteiger partial charge in [-0.1, -0.05) is 11.6 Å². The van der Waals surface area contributed by atoms with Crippen molar-refractivity contribution in [2.45, 2.75) is 0 Å². The smallest absolute Gasteiger partial charge is 0.195 e. The zero-order valence-corrected chi connectivity index (χ0v) is 8.67. The number of nitriles is 1. The number of hydrogen-bond acceptors (Lipinski definition) is 4. The first-order chi connectivity index (χ1) is 7.29. The van der Waals surface area contributed by atoms with Crippen LogP contribution in [0.25, 0.3) is 0 Å². The Balaban J connectivity index is 2.23. The minimum atomic E-state index is 0.570. The molecule has 4 nitrogen and oxygen atoms in total. The molecule has 0 fully saturated rings. The second-order valence-corrected chi connectivity index (χ2v) is 3.50. The highest BCUT2D eigenvalue weighted by Crippen LogP contribution is 2.22. The molecule has 1 aromatic rings. The van der Waals surface area contributed by atoms with Crippen LogP contribution in [0.15, 0.2) is 23.2 Å². The molecule has 0 aliphatic carbocycles. The molecule has 76 valence electrons. The van der Waals surface area contributed by atoms with Gasteiger partial charge in [-0.05, 0) is 18.2 Å². The molecular formula is C10H9ClN4. The Kier molecular flexibility index (Phi) is 2.75. The maximum atomic E-state index is 8.75. The average Bonchev–Trinajstić information content (AvgIpc) is 2.74. The molecule has 2 rings (SSSR count). The number of halogens is 1. The van der Waals surface area contributed by atoms with Crippen molar-refractivity contribution in [3.8, 4) is 6.07 Å². The van der Waals surface area contributed by atoms with Gasteiger partial charge in [0.1, 0.15) is 0 Å². The van der Waals surface area contributed by atoms with Crippen molar-refractivity contribution in [3.63, 3.8) is 0 Å². The van der Waals surface area contributed by atoms with Crippen molar-refractivity contribution in [1.29, 1.82) is 5.26 Å². The number of nitrogens with one attached hydrogen (secondary N) is 2. The lowest BCUT2D eigenvalue weighted by molar-refractivity contribution is 0.959. The van der Waals surface area contributed by atoms with Crippen LogP contribution in [-0.2, 0) is 0 Å². The molecule has 1 aromatic carbocycles. The van der Waals surface area contributed by atoms with E-state index in [1.807, 2.05) is 0 Å². The number of hydrogen-bond donors (Lipinski definition) is 2. The number of aliphatic imine (C=N–C) groups is 1. The van der Waals surface area contributed by atoms with Crippen LogP contribution in [0.2, 0.25) is 5.02 Å². The molecule has 2 N–H and O–H groups in total. The highest BCUT2D eigenvalue weighted by atomic mass is 35.5. The summed E-state index contributed by atoms with van der Waals surface area (Å²) in [6.45, 7) is 1.59. The predicted molar refractivity (Wildman–Crippen MR) is 60.1 cm³/mol. The molecule has 0 amide bonds. The summed E-state index contributed by atoms with van der Waals surface area (Å²) in [5.74, 6) is 0.701. The van der Waals surface area contributed by atoms with E-state index in [-0.39, 0.29) is 0 Å². The second kappa shape index (κ2) is 4.20. The third-order valence-electron chi connectivity index (χ3n) is 2.02. The zero-order valence-electron chi connectivity index (χ0n) is 7.92. The summed E-state index contributed by atoms with van der Waals surface area (Å²) in [5.41, 5.74) is 1.27. The third kappa shape index (κ3) is 2.20.